The van der Waals surface area contributed by atoms with Crippen LogP contribution in [0.15, 0.2) is 46.9 Å². The minimum Gasteiger partial charge on any atom is -0.393 e. The summed E-state index contributed by atoms with van der Waals surface area (Å²) in [6.07, 6.45) is 0.561. The minimum absolute atomic E-state index is 0.150. The largest absolute Gasteiger partial charge is 0.393 e. The first-order valence-corrected chi connectivity index (χ1v) is 8.37. The first kappa shape index (κ1) is 16.4. The quantitative estimate of drug-likeness (QED) is 0.517. The number of carbonyl (C=O) groups is 1. The molecule has 2 aromatic carbocycles. The van der Waals surface area contributed by atoms with Crippen LogP contribution in [0.1, 0.15) is 15.9 Å². The molecular formula is C15H12BrIN2OS. The van der Waals surface area contributed by atoms with E-state index in [-0.39, 0.29) is 5.91 Å². The van der Waals surface area contributed by atoms with Gasteiger partial charge < -0.3 is 11.1 Å². The molecule has 0 saturated carbocycles. The Hall–Kier alpha value is -0.990. The Labute approximate surface area is 150 Å². The van der Waals surface area contributed by atoms with E-state index in [2.05, 4.69) is 43.8 Å². The molecule has 1 amide bonds. The van der Waals surface area contributed by atoms with E-state index < -0.39 is 0 Å². The van der Waals surface area contributed by atoms with E-state index in [1.807, 2.05) is 42.5 Å². The van der Waals surface area contributed by atoms with Crippen molar-refractivity contribution in [3.63, 3.8) is 0 Å². The van der Waals surface area contributed by atoms with Crippen LogP contribution in [0.4, 0.5) is 5.69 Å². The average molecular weight is 475 g/mol. The Bertz CT molecular complexity index is 689. The fraction of sp³-hybridized carbons (Fsp3) is 0.0667. The molecule has 0 unspecified atom stereocenters. The Balaban J connectivity index is 2.12. The van der Waals surface area contributed by atoms with Gasteiger partial charge in [-0.2, -0.15) is 0 Å². The first-order chi connectivity index (χ1) is 9.95. The minimum atomic E-state index is -0.150. The van der Waals surface area contributed by atoms with Gasteiger partial charge >= 0.3 is 0 Å². The molecule has 0 atom stereocenters. The lowest BCUT2D eigenvalue weighted by atomic mass is 10.1. The second kappa shape index (κ2) is 7.33. The average Bonchev–Trinajstić information content (AvgIpc) is 2.43. The third-order valence-corrected chi connectivity index (χ3v) is 4.27. The molecule has 2 aromatic rings. The highest BCUT2D eigenvalue weighted by Crippen LogP contribution is 2.21. The van der Waals surface area contributed by atoms with Gasteiger partial charge in [0.25, 0.3) is 5.91 Å². The van der Waals surface area contributed by atoms with E-state index in [0.29, 0.717) is 17.0 Å². The summed E-state index contributed by atoms with van der Waals surface area (Å²) in [6.45, 7) is 0. The maximum atomic E-state index is 12.3. The number of carbonyl (C=O) groups excluding carboxylic acids is 1. The van der Waals surface area contributed by atoms with Crippen molar-refractivity contribution in [1.82, 2.24) is 0 Å². The van der Waals surface area contributed by atoms with Crippen molar-refractivity contribution in [2.45, 2.75) is 6.42 Å². The highest BCUT2D eigenvalue weighted by molar-refractivity contribution is 14.1. The molecule has 0 aliphatic heterocycles. The molecule has 6 heteroatoms. The van der Waals surface area contributed by atoms with Gasteiger partial charge in [0.15, 0.2) is 0 Å². The lowest BCUT2D eigenvalue weighted by Gasteiger charge is -2.08. The predicted octanol–water partition coefficient (Wildman–Crippen LogP) is 4.13. The molecule has 3 nitrogen and oxygen atoms in total. The smallest absolute Gasteiger partial charge is 0.256 e. The van der Waals surface area contributed by atoms with Crippen LogP contribution in [0.2, 0.25) is 0 Å². The number of hydrogen-bond acceptors (Lipinski definition) is 2. The molecule has 0 heterocycles. The van der Waals surface area contributed by atoms with Gasteiger partial charge in [-0.05, 0) is 74.4 Å². The highest BCUT2D eigenvalue weighted by Gasteiger charge is 2.10. The van der Waals surface area contributed by atoms with Crippen molar-refractivity contribution in [3.05, 3.63) is 61.6 Å². The van der Waals surface area contributed by atoms with Crippen LogP contribution in [-0.2, 0) is 6.42 Å². The molecule has 0 spiro atoms. The molecule has 0 saturated heterocycles. The van der Waals surface area contributed by atoms with Crippen molar-refractivity contribution < 1.29 is 4.79 Å². The van der Waals surface area contributed by atoms with Gasteiger partial charge in [0.1, 0.15) is 0 Å². The summed E-state index contributed by atoms with van der Waals surface area (Å²) in [5, 5.41) is 2.87. The molecule has 0 radical (unpaired) electrons. The zero-order valence-electron chi connectivity index (χ0n) is 10.9. The molecule has 0 aliphatic rings. The Morgan fingerprint density at radius 2 is 1.90 bits per heavy atom. The third-order valence-electron chi connectivity index (χ3n) is 2.76. The Morgan fingerprint density at radius 1 is 1.24 bits per heavy atom. The molecule has 0 aromatic heterocycles. The van der Waals surface area contributed by atoms with Crippen molar-refractivity contribution in [1.29, 1.82) is 0 Å². The number of benzene rings is 2. The van der Waals surface area contributed by atoms with E-state index in [1.54, 1.807) is 0 Å². The van der Waals surface area contributed by atoms with E-state index in [0.717, 1.165) is 19.3 Å². The zero-order valence-corrected chi connectivity index (χ0v) is 15.5. The van der Waals surface area contributed by atoms with Gasteiger partial charge in [-0.15, -0.1) is 0 Å². The summed E-state index contributed by atoms with van der Waals surface area (Å²) in [7, 11) is 0. The SMILES string of the molecule is NC(=S)Cc1ccc(NC(=O)c2cc(I)ccc2Br)cc1. The fourth-order valence-corrected chi connectivity index (χ4v) is 2.86. The van der Waals surface area contributed by atoms with Gasteiger partial charge in [-0.1, -0.05) is 24.4 Å². The molecule has 108 valence electrons. The van der Waals surface area contributed by atoms with Crippen LogP contribution in [-0.4, -0.2) is 10.9 Å². The highest BCUT2D eigenvalue weighted by atomic mass is 127. The Morgan fingerprint density at radius 3 is 2.52 bits per heavy atom. The summed E-state index contributed by atoms with van der Waals surface area (Å²) in [6, 6.07) is 13.1. The van der Waals surface area contributed by atoms with Gasteiger partial charge in [0, 0.05) is 20.2 Å². The molecule has 21 heavy (non-hydrogen) atoms. The Kier molecular flexibility index (Phi) is 5.72. The maximum Gasteiger partial charge on any atom is 0.256 e. The topological polar surface area (TPSA) is 55.1 Å². The van der Waals surface area contributed by atoms with E-state index >= 15 is 0 Å². The number of rotatable bonds is 4. The van der Waals surface area contributed by atoms with Crippen LogP contribution >= 0.6 is 50.7 Å². The summed E-state index contributed by atoms with van der Waals surface area (Å²) >= 11 is 10.4. The molecule has 0 bridgehead atoms. The van der Waals surface area contributed by atoms with Crippen LogP contribution in [0.3, 0.4) is 0 Å². The second-order valence-corrected chi connectivity index (χ2v) is 7.04. The summed E-state index contributed by atoms with van der Waals surface area (Å²) in [5.74, 6) is -0.150. The van der Waals surface area contributed by atoms with Crippen LogP contribution < -0.4 is 11.1 Å². The van der Waals surface area contributed by atoms with Crippen molar-refractivity contribution in [2.24, 2.45) is 5.73 Å². The molecule has 3 N–H and O–H groups in total. The number of amides is 1. The zero-order chi connectivity index (χ0) is 15.4. The standard InChI is InChI=1S/C15H12BrIN2OS/c16-13-6-3-10(17)8-12(13)15(20)19-11-4-1-9(2-5-11)7-14(18)21/h1-6,8H,7H2,(H2,18,21)(H,19,20). The van der Waals surface area contributed by atoms with Crippen molar-refractivity contribution >= 4 is 67.3 Å². The van der Waals surface area contributed by atoms with Gasteiger partial charge in [-0.25, -0.2) is 0 Å². The van der Waals surface area contributed by atoms with Crippen LogP contribution in [0, 0.1) is 3.57 Å². The van der Waals surface area contributed by atoms with Crippen LogP contribution in [0.5, 0.6) is 0 Å². The molecule has 2 rings (SSSR count). The predicted molar refractivity (Wildman–Crippen MR) is 102 cm³/mol. The number of anilines is 1. The van der Waals surface area contributed by atoms with Gasteiger partial charge in [0.05, 0.1) is 10.6 Å². The first-order valence-electron chi connectivity index (χ1n) is 6.09. The van der Waals surface area contributed by atoms with Crippen LogP contribution in [0.25, 0.3) is 0 Å². The number of thiocarbonyl (C=S) groups is 1. The maximum absolute atomic E-state index is 12.3. The summed E-state index contributed by atoms with van der Waals surface area (Å²) in [5.41, 5.74) is 7.87. The number of nitrogens with one attached hydrogen (secondary N) is 1. The normalized spacial score (nSPS) is 10.2. The fourth-order valence-electron chi connectivity index (χ4n) is 1.78. The lowest BCUT2D eigenvalue weighted by molar-refractivity contribution is 0.102. The van der Waals surface area contributed by atoms with E-state index in [1.165, 1.54) is 0 Å². The van der Waals surface area contributed by atoms with Gasteiger partial charge in [-0.3, -0.25) is 4.79 Å². The molecule has 0 fully saturated rings. The number of halogens is 2. The van der Waals surface area contributed by atoms with E-state index in [4.69, 9.17) is 18.0 Å². The number of nitrogens with two attached hydrogens (primary N) is 1. The van der Waals surface area contributed by atoms with Crippen molar-refractivity contribution in [3.8, 4) is 0 Å². The monoisotopic (exact) mass is 474 g/mol. The van der Waals surface area contributed by atoms with Gasteiger partial charge in [0.2, 0.25) is 0 Å². The number of hydrogen-bond donors (Lipinski definition) is 2. The molecule has 0 aliphatic carbocycles. The lowest BCUT2D eigenvalue weighted by Crippen LogP contribution is -2.13. The summed E-state index contributed by atoms with van der Waals surface area (Å²) < 4.78 is 1.78. The third kappa shape index (κ3) is 4.76. The van der Waals surface area contributed by atoms with Crippen molar-refractivity contribution in [2.75, 3.05) is 5.32 Å². The van der Waals surface area contributed by atoms with E-state index in [9.17, 15) is 4.79 Å². The summed E-state index contributed by atoms with van der Waals surface area (Å²) in [4.78, 5) is 12.7. The second-order valence-electron chi connectivity index (χ2n) is 4.42. The molecular weight excluding hydrogens is 463 g/mol.